The molecule has 1 aliphatic rings. The number of rotatable bonds is 4. The Kier molecular flexibility index (Phi) is 2.88. The quantitative estimate of drug-likeness (QED) is 0.598. The van der Waals surface area contributed by atoms with Crippen LogP contribution in [0.1, 0.15) is 24.5 Å². The van der Waals surface area contributed by atoms with Gasteiger partial charge in [-0.3, -0.25) is 14.8 Å². The fourth-order valence-corrected chi connectivity index (χ4v) is 2.03. The normalized spacial score (nSPS) is 27.8. The second-order valence-electron chi connectivity index (χ2n) is 4.56. The number of nitrogens with two attached hydrogens (primary N) is 1. The maximum Gasteiger partial charge on any atom is 0.237 e. The van der Waals surface area contributed by atoms with E-state index in [-0.39, 0.29) is 0 Å². The molecule has 4 N–H and O–H groups in total. The Balaban J connectivity index is 1.99. The highest BCUT2D eigenvalue weighted by atomic mass is 16.3. The molecule has 7 nitrogen and oxygen atoms in total. The van der Waals surface area contributed by atoms with Crippen LogP contribution in [0.5, 0.6) is 0 Å². The van der Waals surface area contributed by atoms with E-state index in [2.05, 4.69) is 15.4 Å². The largest absolute Gasteiger partial charge is 0.393 e. The molecule has 0 spiro atoms. The minimum Gasteiger partial charge on any atom is -0.393 e. The van der Waals surface area contributed by atoms with E-state index < -0.39 is 17.6 Å². The zero-order chi connectivity index (χ0) is 12.6. The van der Waals surface area contributed by atoms with Crippen molar-refractivity contribution in [3.8, 4) is 0 Å². The van der Waals surface area contributed by atoms with Crippen LogP contribution in [0.4, 0.5) is 0 Å². The van der Waals surface area contributed by atoms with Gasteiger partial charge < -0.3 is 10.8 Å². The van der Waals surface area contributed by atoms with Crippen molar-refractivity contribution in [1.82, 2.24) is 20.1 Å². The number of nitrogens with one attached hydrogen (secondary N) is 1. The second kappa shape index (κ2) is 4.08. The second-order valence-corrected chi connectivity index (χ2v) is 4.56. The Labute approximate surface area is 99.0 Å². The van der Waals surface area contributed by atoms with Gasteiger partial charge in [0, 0.05) is 19.9 Å². The number of hydrogen-bond acceptors (Lipinski definition) is 5. The molecule has 0 saturated heterocycles. The van der Waals surface area contributed by atoms with Gasteiger partial charge in [-0.05, 0) is 6.92 Å². The molecule has 1 aromatic rings. The van der Waals surface area contributed by atoms with Crippen molar-refractivity contribution >= 4 is 5.91 Å². The van der Waals surface area contributed by atoms with Gasteiger partial charge in [-0.1, -0.05) is 0 Å². The highest BCUT2D eigenvalue weighted by Gasteiger charge is 2.48. The van der Waals surface area contributed by atoms with Crippen molar-refractivity contribution < 1.29 is 9.90 Å². The molecule has 7 heteroatoms. The highest BCUT2D eigenvalue weighted by molar-refractivity contribution is 5.86. The fourth-order valence-electron chi connectivity index (χ4n) is 2.03. The first kappa shape index (κ1) is 12.0. The zero-order valence-corrected chi connectivity index (χ0v) is 9.97. The van der Waals surface area contributed by atoms with Crippen LogP contribution in [0.3, 0.4) is 0 Å². The van der Waals surface area contributed by atoms with Crippen molar-refractivity contribution in [3.05, 3.63) is 11.6 Å². The number of carbonyl (C=O) groups is 1. The molecule has 1 amide bonds. The van der Waals surface area contributed by atoms with Gasteiger partial charge in [-0.25, -0.2) is 4.98 Å². The summed E-state index contributed by atoms with van der Waals surface area (Å²) in [5.74, 6) is 0.992. The van der Waals surface area contributed by atoms with Crippen molar-refractivity contribution in [2.75, 3.05) is 0 Å². The van der Waals surface area contributed by atoms with Crippen LogP contribution >= 0.6 is 0 Å². The first-order valence-electron chi connectivity index (χ1n) is 5.52. The predicted octanol–water partition coefficient (Wildman–Crippen LogP) is -1.41. The molecule has 0 radical (unpaired) electrons. The summed E-state index contributed by atoms with van der Waals surface area (Å²) in [6.45, 7) is 2.23. The van der Waals surface area contributed by atoms with Gasteiger partial charge in [-0.2, -0.15) is 5.10 Å². The monoisotopic (exact) mass is 239 g/mol. The number of nitrogens with zero attached hydrogens (tertiary/aromatic N) is 3. The number of hydrogen-bond donors (Lipinski definition) is 3. The van der Waals surface area contributed by atoms with Crippen LogP contribution in [-0.4, -0.2) is 37.4 Å². The Morgan fingerprint density at radius 1 is 1.71 bits per heavy atom. The molecule has 1 heterocycles. The summed E-state index contributed by atoms with van der Waals surface area (Å²) in [4.78, 5) is 15.6. The molecule has 0 aromatic carbocycles. The molecule has 1 fully saturated rings. The minimum atomic E-state index is -0.799. The summed E-state index contributed by atoms with van der Waals surface area (Å²) in [6, 6.07) is 0. The summed E-state index contributed by atoms with van der Waals surface area (Å²) in [7, 11) is 1.81. The smallest absolute Gasteiger partial charge is 0.237 e. The third-order valence-electron chi connectivity index (χ3n) is 3.25. The topological polar surface area (TPSA) is 106 Å². The van der Waals surface area contributed by atoms with Crippen molar-refractivity contribution in [2.24, 2.45) is 12.8 Å². The number of aliphatic hydroxyl groups excluding tert-OH is 1. The van der Waals surface area contributed by atoms with Gasteiger partial charge in [-0.15, -0.1) is 0 Å². The summed E-state index contributed by atoms with van der Waals surface area (Å²) in [5, 5.41) is 16.5. The maximum atomic E-state index is 11.3. The molecular weight excluding hydrogens is 222 g/mol. The molecule has 0 bridgehead atoms. The van der Waals surface area contributed by atoms with Crippen LogP contribution < -0.4 is 11.1 Å². The number of carbonyl (C=O) groups excluding carboxylic acids is 1. The van der Waals surface area contributed by atoms with Gasteiger partial charge in [0.05, 0.1) is 12.6 Å². The number of primary amides is 1. The van der Waals surface area contributed by atoms with E-state index in [4.69, 9.17) is 5.73 Å². The molecule has 94 valence electrons. The van der Waals surface area contributed by atoms with Crippen molar-refractivity contribution in [1.29, 1.82) is 0 Å². The molecule has 1 saturated carbocycles. The summed E-state index contributed by atoms with van der Waals surface area (Å²) >= 11 is 0. The van der Waals surface area contributed by atoms with Gasteiger partial charge in [0.15, 0.2) is 5.82 Å². The Bertz CT molecular complexity index is 416. The van der Waals surface area contributed by atoms with E-state index in [1.165, 1.54) is 0 Å². The standard InChI is InChI=1S/C10H17N5O2/c1-6-13-8(14-15(6)2)5-12-10(9(11)17)3-7(16)4-10/h7,12,16H,3-5H2,1-2H3,(H2,11,17). The number of aliphatic hydroxyl groups is 1. The van der Waals surface area contributed by atoms with Crippen LogP contribution in [0.2, 0.25) is 0 Å². The van der Waals surface area contributed by atoms with Crippen LogP contribution in [0.25, 0.3) is 0 Å². The average Bonchev–Trinajstić information content (AvgIpc) is 2.51. The van der Waals surface area contributed by atoms with Crippen LogP contribution in [0.15, 0.2) is 0 Å². The number of amides is 1. The van der Waals surface area contributed by atoms with Crippen molar-refractivity contribution in [2.45, 2.75) is 38.0 Å². The fraction of sp³-hybridized carbons (Fsp3) is 0.700. The predicted molar refractivity (Wildman–Crippen MR) is 59.7 cm³/mol. The molecule has 0 aliphatic heterocycles. The first-order valence-corrected chi connectivity index (χ1v) is 5.52. The lowest BCUT2D eigenvalue weighted by Gasteiger charge is -2.43. The zero-order valence-electron chi connectivity index (χ0n) is 9.97. The van der Waals surface area contributed by atoms with Gasteiger partial charge in [0.1, 0.15) is 11.4 Å². The summed E-state index contributed by atoms with van der Waals surface area (Å²) in [5.41, 5.74) is 4.54. The molecule has 1 aromatic heterocycles. The maximum absolute atomic E-state index is 11.3. The summed E-state index contributed by atoms with van der Waals surface area (Å²) < 4.78 is 1.67. The van der Waals surface area contributed by atoms with E-state index in [1.807, 2.05) is 14.0 Å². The Hall–Kier alpha value is -1.47. The van der Waals surface area contributed by atoms with Gasteiger partial charge in [0.2, 0.25) is 5.91 Å². The SMILES string of the molecule is Cc1nc(CNC2(C(N)=O)CC(O)C2)nn1C. The van der Waals surface area contributed by atoms with Crippen molar-refractivity contribution in [3.63, 3.8) is 0 Å². The number of aromatic nitrogens is 3. The molecule has 17 heavy (non-hydrogen) atoms. The Morgan fingerprint density at radius 3 is 2.76 bits per heavy atom. The third kappa shape index (κ3) is 2.16. The van der Waals surface area contributed by atoms with E-state index >= 15 is 0 Å². The number of aryl methyl sites for hydroxylation is 2. The first-order chi connectivity index (χ1) is 7.93. The van der Waals surface area contributed by atoms with E-state index in [9.17, 15) is 9.90 Å². The molecule has 0 atom stereocenters. The van der Waals surface area contributed by atoms with E-state index in [0.29, 0.717) is 25.2 Å². The third-order valence-corrected chi connectivity index (χ3v) is 3.25. The Morgan fingerprint density at radius 2 is 2.35 bits per heavy atom. The summed E-state index contributed by atoms with van der Waals surface area (Å²) in [6.07, 6.45) is 0.260. The molecule has 2 rings (SSSR count). The highest BCUT2D eigenvalue weighted by Crippen LogP contribution is 2.32. The van der Waals surface area contributed by atoms with E-state index in [1.54, 1.807) is 4.68 Å². The average molecular weight is 239 g/mol. The lowest BCUT2D eigenvalue weighted by atomic mass is 9.73. The van der Waals surface area contributed by atoms with E-state index in [0.717, 1.165) is 5.82 Å². The lowest BCUT2D eigenvalue weighted by molar-refractivity contribution is -0.133. The molecular formula is C10H17N5O2. The van der Waals surface area contributed by atoms with Gasteiger partial charge >= 0.3 is 0 Å². The lowest BCUT2D eigenvalue weighted by Crippen LogP contribution is -2.64. The minimum absolute atomic E-state index is 0.355. The van der Waals surface area contributed by atoms with Crippen LogP contribution in [-0.2, 0) is 18.4 Å². The van der Waals surface area contributed by atoms with Crippen LogP contribution in [0, 0.1) is 6.92 Å². The molecule has 0 unspecified atom stereocenters. The van der Waals surface area contributed by atoms with Gasteiger partial charge in [0.25, 0.3) is 0 Å². The molecule has 1 aliphatic carbocycles.